The molecule has 0 bridgehead atoms. The number of fused-ring (bicyclic) bond motifs is 3. The number of hydrogen-bond acceptors (Lipinski definition) is 2. The topological polar surface area (TPSA) is 26.3 Å². The summed E-state index contributed by atoms with van der Waals surface area (Å²) in [6.07, 6.45) is -0.111. The lowest BCUT2D eigenvalue weighted by Gasteiger charge is -2.11. The van der Waals surface area contributed by atoms with Gasteiger partial charge in [-0.25, -0.2) is 4.79 Å². The first-order valence-electron chi connectivity index (χ1n) is 7.20. The Morgan fingerprint density at radius 2 is 1.29 bits per heavy atom. The van der Waals surface area contributed by atoms with Gasteiger partial charge >= 0.3 is 5.97 Å². The van der Waals surface area contributed by atoms with E-state index in [9.17, 15) is 4.79 Å². The van der Waals surface area contributed by atoms with Crippen molar-refractivity contribution in [2.45, 2.75) is 26.9 Å². The minimum Gasteiger partial charge on any atom is -0.460 e. The molecule has 0 unspecified atom stereocenters. The van der Waals surface area contributed by atoms with Crippen molar-refractivity contribution in [1.82, 2.24) is 0 Å². The zero-order valence-electron chi connectivity index (χ0n) is 12.5. The van der Waals surface area contributed by atoms with E-state index in [0.717, 1.165) is 16.7 Å². The zero-order valence-corrected chi connectivity index (χ0v) is 12.5. The third-order valence-corrected chi connectivity index (χ3v) is 3.71. The Hall–Kier alpha value is -2.35. The van der Waals surface area contributed by atoms with Crippen LogP contribution in [0.1, 0.15) is 31.9 Å². The molecule has 106 valence electrons. The van der Waals surface area contributed by atoms with Gasteiger partial charge in [0.15, 0.2) is 0 Å². The van der Waals surface area contributed by atoms with Gasteiger partial charge in [0.2, 0.25) is 0 Å². The maximum Gasteiger partial charge on any atom is 0.334 e. The van der Waals surface area contributed by atoms with Gasteiger partial charge in [-0.3, -0.25) is 0 Å². The molecule has 0 fully saturated rings. The van der Waals surface area contributed by atoms with Crippen molar-refractivity contribution in [1.29, 1.82) is 0 Å². The van der Waals surface area contributed by atoms with E-state index < -0.39 is 0 Å². The van der Waals surface area contributed by atoms with Crippen molar-refractivity contribution >= 4 is 11.5 Å². The summed E-state index contributed by atoms with van der Waals surface area (Å²) in [5, 5.41) is 0. The summed E-state index contributed by atoms with van der Waals surface area (Å²) in [5.41, 5.74) is 6.24. The molecule has 1 aliphatic rings. The average Bonchev–Trinajstić information content (AvgIpc) is 2.80. The van der Waals surface area contributed by atoms with Crippen LogP contribution < -0.4 is 0 Å². The molecule has 0 aromatic heterocycles. The molecule has 0 saturated carbocycles. The summed E-state index contributed by atoms with van der Waals surface area (Å²) in [4.78, 5) is 12.3. The highest BCUT2D eigenvalue weighted by molar-refractivity contribution is 6.09. The zero-order chi connectivity index (χ0) is 15.0. The summed E-state index contributed by atoms with van der Waals surface area (Å²) in [6.45, 7) is 5.58. The lowest BCUT2D eigenvalue weighted by atomic mass is 9.99. The molecule has 2 aromatic rings. The molecule has 0 atom stereocenters. The van der Waals surface area contributed by atoms with Crippen LogP contribution in [0.3, 0.4) is 0 Å². The summed E-state index contributed by atoms with van der Waals surface area (Å²) >= 11 is 0. The molecule has 0 aliphatic heterocycles. The van der Waals surface area contributed by atoms with Crippen molar-refractivity contribution < 1.29 is 9.53 Å². The van der Waals surface area contributed by atoms with Crippen LogP contribution in [0.4, 0.5) is 0 Å². The lowest BCUT2D eigenvalue weighted by Crippen LogP contribution is -2.13. The van der Waals surface area contributed by atoms with E-state index in [4.69, 9.17) is 4.74 Å². The molecule has 0 N–H and O–H groups in total. The predicted molar refractivity (Wildman–Crippen MR) is 84.8 cm³/mol. The van der Waals surface area contributed by atoms with Crippen molar-refractivity contribution in [2.75, 3.05) is 0 Å². The van der Waals surface area contributed by atoms with E-state index in [-0.39, 0.29) is 12.1 Å². The minimum atomic E-state index is -0.244. The van der Waals surface area contributed by atoms with Crippen LogP contribution in [0.25, 0.3) is 16.7 Å². The number of carbonyl (C=O) groups is 1. The molecule has 0 amide bonds. The molecule has 2 aromatic carbocycles. The van der Waals surface area contributed by atoms with Gasteiger partial charge < -0.3 is 4.74 Å². The fraction of sp³-hybridized carbons (Fsp3) is 0.211. The smallest absolute Gasteiger partial charge is 0.334 e. The summed E-state index contributed by atoms with van der Waals surface area (Å²) in [7, 11) is 0. The van der Waals surface area contributed by atoms with E-state index in [1.54, 1.807) is 0 Å². The highest BCUT2D eigenvalue weighted by Gasteiger charge is 2.26. The maximum absolute atomic E-state index is 12.3. The second-order valence-corrected chi connectivity index (χ2v) is 5.55. The van der Waals surface area contributed by atoms with E-state index >= 15 is 0 Å². The minimum absolute atomic E-state index is 0.111. The highest BCUT2D eigenvalue weighted by atomic mass is 16.5. The number of hydrogen-bond donors (Lipinski definition) is 0. The number of esters is 1. The van der Waals surface area contributed by atoms with Gasteiger partial charge in [0.05, 0.1) is 6.10 Å². The quantitative estimate of drug-likeness (QED) is 0.511. The Kier molecular flexibility index (Phi) is 3.38. The van der Waals surface area contributed by atoms with E-state index in [1.807, 2.05) is 45.0 Å². The second kappa shape index (κ2) is 5.21. The van der Waals surface area contributed by atoms with Crippen molar-refractivity contribution in [3.63, 3.8) is 0 Å². The van der Waals surface area contributed by atoms with Gasteiger partial charge in [0.25, 0.3) is 0 Å². The Balaban J connectivity index is 2.21. The van der Waals surface area contributed by atoms with Crippen LogP contribution in [0.2, 0.25) is 0 Å². The first kappa shape index (κ1) is 13.6. The van der Waals surface area contributed by atoms with Crippen molar-refractivity contribution in [3.8, 4) is 11.1 Å². The number of carbonyl (C=O) groups excluding carboxylic acids is 1. The molecule has 2 heteroatoms. The first-order chi connectivity index (χ1) is 10.1. The fourth-order valence-corrected chi connectivity index (χ4v) is 2.83. The van der Waals surface area contributed by atoms with Crippen LogP contribution in [0.5, 0.6) is 0 Å². The van der Waals surface area contributed by atoms with Gasteiger partial charge in [-0.1, -0.05) is 48.5 Å². The molecule has 1 aliphatic carbocycles. The Bertz CT molecular complexity index is 691. The van der Waals surface area contributed by atoms with Crippen LogP contribution >= 0.6 is 0 Å². The molecular weight excluding hydrogens is 260 g/mol. The molecule has 0 saturated heterocycles. The molecule has 0 heterocycles. The third-order valence-electron chi connectivity index (χ3n) is 3.71. The van der Waals surface area contributed by atoms with Gasteiger partial charge in [-0.05, 0) is 43.0 Å². The van der Waals surface area contributed by atoms with Crippen LogP contribution in [0.15, 0.2) is 54.1 Å². The number of ether oxygens (including phenoxy) is 1. The van der Waals surface area contributed by atoms with Crippen molar-refractivity contribution in [3.05, 3.63) is 65.2 Å². The van der Waals surface area contributed by atoms with Gasteiger partial charge in [0.1, 0.15) is 0 Å². The number of benzene rings is 2. The lowest BCUT2D eigenvalue weighted by molar-refractivity contribution is -0.142. The molecule has 3 rings (SSSR count). The normalized spacial score (nSPS) is 12.1. The van der Waals surface area contributed by atoms with Gasteiger partial charge in [-0.2, -0.15) is 0 Å². The fourth-order valence-electron chi connectivity index (χ4n) is 2.83. The Labute approximate surface area is 125 Å². The third kappa shape index (κ3) is 2.27. The highest BCUT2D eigenvalue weighted by Crippen LogP contribution is 2.45. The first-order valence-corrected chi connectivity index (χ1v) is 7.20. The Morgan fingerprint density at radius 1 is 0.857 bits per heavy atom. The van der Waals surface area contributed by atoms with Gasteiger partial charge in [-0.15, -0.1) is 0 Å². The summed E-state index contributed by atoms with van der Waals surface area (Å²) in [5.74, 6) is -0.244. The second-order valence-electron chi connectivity index (χ2n) is 5.55. The van der Waals surface area contributed by atoms with E-state index in [1.165, 1.54) is 11.1 Å². The van der Waals surface area contributed by atoms with Gasteiger partial charge in [0, 0.05) is 11.1 Å². The molecule has 0 spiro atoms. The standard InChI is InChI=1S/C19H18O2/c1-12(2)21-19(20)13(3)18-16-10-6-4-8-14(16)15-9-5-7-11-17(15)18/h4-12H,1-3H3. The average molecular weight is 278 g/mol. The van der Waals surface area contributed by atoms with Crippen LogP contribution in [-0.2, 0) is 9.53 Å². The monoisotopic (exact) mass is 278 g/mol. The molecular formula is C19H18O2. The van der Waals surface area contributed by atoms with Crippen LogP contribution in [-0.4, -0.2) is 12.1 Å². The number of rotatable bonds is 2. The molecule has 21 heavy (non-hydrogen) atoms. The molecule has 2 nitrogen and oxygen atoms in total. The SMILES string of the molecule is CC(C(=O)OC(C)C)=C1c2ccccc2-c2ccccc21. The largest absolute Gasteiger partial charge is 0.460 e. The Morgan fingerprint density at radius 3 is 1.71 bits per heavy atom. The maximum atomic E-state index is 12.3. The summed E-state index contributed by atoms with van der Waals surface area (Å²) in [6, 6.07) is 16.4. The van der Waals surface area contributed by atoms with E-state index in [2.05, 4.69) is 24.3 Å². The van der Waals surface area contributed by atoms with Crippen LogP contribution in [0, 0.1) is 0 Å². The van der Waals surface area contributed by atoms with E-state index in [0.29, 0.717) is 5.57 Å². The molecule has 0 radical (unpaired) electrons. The van der Waals surface area contributed by atoms with Crippen molar-refractivity contribution in [2.24, 2.45) is 0 Å². The summed E-state index contributed by atoms with van der Waals surface area (Å²) < 4.78 is 5.36. The predicted octanol–water partition coefficient (Wildman–Crippen LogP) is 4.44.